The zero-order valence-electron chi connectivity index (χ0n) is 33.2. The van der Waals surface area contributed by atoms with Crippen molar-refractivity contribution in [3.63, 3.8) is 0 Å². The Morgan fingerprint density at radius 3 is 2.21 bits per heavy atom. The molecule has 5 heterocycles. The van der Waals surface area contributed by atoms with Crippen molar-refractivity contribution in [1.82, 2.24) is 4.90 Å². The average Bonchev–Trinajstić information content (AvgIpc) is 3.39. The topological polar surface area (TPSA) is 182 Å². The van der Waals surface area contributed by atoms with Gasteiger partial charge in [0.15, 0.2) is 12.6 Å². The Labute approximate surface area is 309 Å². The molecule has 0 radical (unpaired) electrons. The fraction of sp³-hybridized carbons (Fsp3) is 0.974. The zero-order valence-corrected chi connectivity index (χ0v) is 33.2. The minimum absolute atomic E-state index is 0.0120. The Kier molecular flexibility index (Phi) is 12.5. The number of nitriles is 1. The van der Waals surface area contributed by atoms with Crippen LogP contribution in [0.1, 0.15) is 94.9 Å². The van der Waals surface area contributed by atoms with E-state index in [1.807, 2.05) is 46.4 Å². The molecular formula is C38H66N2O12. The molecule has 0 spiro atoms. The molecule has 4 bridgehead atoms. The van der Waals surface area contributed by atoms with Gasteiger partial charge in [0.05, 0.1) is 72.5 Å². The van der Waals surface area contributed by atoms with Gasteiger partial charge in [-0.25, -0.2) is 0 Å². The van der Waals surface area contributed by atoms with E-state index in [2.05, 4.69) is 13.0 Å². The van der Waals surface area contributed by atoms with Crippen molar-refractivity contribution >= 4 is 0 Å². The summed E-state index contributed by atoms with van der Waals surface area (Å²) in [6.45, 7) is 19.0. The standard InChI is InChI=1S/C38H66N2O12/c1-13-26-37(10,43)33-21(4)29-19(2)17-36(9,51-29)32(49-34-28(41)25(16-20(3)46-34)40(11)15-14-39)22(5)30(23(6)38(44,50-26)52-33)48-27-18-35(8,45-12)31(42)24(7)47-27/h19-34,41-44H,13,15-18H2,1-12H3/t19-,20?,21-,22-,23+,24?,25?,26+,27-,28?,29?,30-,31-,32+,33+,34-,35?,36+,37+,38-/m0/s1. The van der Waals surface area contributed by atoms with Crippen LogP contribution in [0.4, 0.5) is 0 Å². The molecule has 4 N–H and O–H groups in total. The van der Waals surface area contributed by atoms with E-state index in [9.17, 15) is 25.7 Å². The van der Waals surface area contributed by atoms with Crippen LogP contribution in [-0.2, 0) is 37.9 Å². The molecule has 0 aliphatic carbocycles. The van der Waals surface area contributed by atoms with Gasteiger partial charge in [-0.05, 0) is 66.8 Å². The number of methoxy groups -OCH3 is 1. The molecule has 0 saturated carbocycles. The number of aliphatic hydroxyl groups is 4. The molecule has 0 aromatic carbocycles. The van der Waals surface area contributed by atoms with Crippen LogP contribution in [0, 0.1) is 35.0 Å². The van der Waals surface area contributed by atoms with Crippen LogP contribution in [0.3, 0.4) is 0 Å². The van der Waals surface area contributed by atoms with Crippen LogP contribution in [0.15, 0.2) is 0 Å². The van der Waals surface area contributed by atoms with Gasteiger partial charge in [0.25, 0.3) is 5.97 Å². The third-order valence-corrected chi connectivity index (χ3v) is 13.1. The molecule has 14 heteroatoms. The van der Waals surface area contributed by atoms with Crippen molar-refractivity contribution in [2.24, 2.45) is 23.7 Å². The highest BCUT2D eigenvalue weighted by Gasteiger charge is 2.64. The van der Waals surface area contributed by atoms with E-state index in [0.29, 0.717) is 19.3 Å². The van der Waals surface area contributed by atoms with Gasteiger partial charge in [0.2, 0.25) is 0 Å². The lowest BCUT2D eigenvalue weighted by Gasteiger charge is -2.55. The summed E-state index contributed by atoms with van der Waals surface area (Å²) in [5.41, 5.74) is -3.40. The maximum atomic E-state index is 12.5. The summed E-state index contributed by atoms with van der Waals surface area (Å²) in [6.07, 6.45) is -6.92. The van der Waals surface area contributed by atoms with Gasteiger partial charge in [-0.15, -0.1) is 0 Å². The molecule has 5 aliphatic rings. The Bertz CT molecular complexity index is 1270. The second-order valence-corrected chi connectivity index (χ2v) is 17.3. The van der Waals surface area contributed by atoms with Gasteiger partial charge in [0, 0.05) is 31.4 Å². The summed E-state index contributed by atoms with van der Waals surface area (Å²) in [7, 11) is 3.34. The molecule has 300 valence electrons. The lowest BCUT2D eigenvalue weighted by molar-refractivity contribution is -0.481. The van der Waals surface area contributed by atoms with Gasteiger partial charge < -0.3 is 58.3 Å². The summed E-state index contributed by atoms with van der Waals surface area (Å²) in [6, 6.07) is 1.77. The second kappa shape index (κ2) is 15.5. The fourth-order valence-corrected chi connectivity index (χ4v) is 10.0. The van der Waals surface area contributed by atoms with Crippen molar-refractivity contribution in [1.29, 1.82) is 5.26 Å². The highest BCUT2D eigenvalue weighted by molar-refractivity contribution is 5.07. The highest BCUT2D eigenvalue weighted by Crippen LogP contribution is 2.52. The van der Waals surface area contributed by atoms with E-state index in [4.69, 9.17) is 37.9 Å². The number of nitrogens with zero attached hydrogens (tertiary/aromatic N) is 2. The minimum atomic E-state index is -2.20. The smallest absolute Gasteiger partial charge is 0.286 e. The molecule has 14 nitrogen and oxygen atoms in total. The molecule has 5 rings (SSSR count). The van der Waals surface area contributed by atoms with Gasteiger partial charge in [0.1, 0.15) is 17.8 Å². The van der Waals surface area contributed by atoms with Crippen molar-refractivity contribution in [3.8, 4) is 6.07 Å². The molecule has 5 fully saturated rings. The van der Waals surface area contributed by atoms with Crippen molar-refractivity contribution < 1.29 is 58.3 Å². The van der Waals surface area contributed by atoms with Crippen LogP contribution in [0.5, 0.6) is 0 Å². The number of hydrogen-bond donors (Lipinski definition) is 4. The number of rotatable bonds is 8. The molecule has 6 unspecified atom stereocenters. The van der Waals surface area contributed by atoms with Gasteiger partial charge in [-0.3, -0.25) is 4.90 Å². The average molecular weight is 743 g/mol. The molecule has 20 atom stereocenters. The molecule has 0 aromatic rings. The van der Waals surface area contributed by atoms with E-state index < -0.39 is 102 Å². The van der Waals surface area contributed by atoms with Crippen molar-refractivity contribution in [3.05, 3.63) is 0 Å². The normalized spacial score (nSPS) is 54.4. The minimum Gasteiger partial charge on any atom is -0.387 e. The van der Waals surface area contributed by atoms with Gasteiger partial charge in [-0.1, -0.05) is 34.6 Å². The number of hydrogen-bond acceptors (Lipinski definition) is 14. The summed E-state index contributed by atoms with van der Waals surface area (Å²) in [4.78, 5) is 1.81. The van der Waals surface area contributed by atoms with Crippen LogP contribution < -0.4 is 0 Å². The van der Waals surface area contributed by atoms with E-state index in [1.54, 1.807) is 34.9 Å². The van der Waals surface area contributed by atoms with E-state index >= 15 is 0 Å². The number of fused-ring (bicyclic) bond motifs is 4. The van der Waals surface area contributed by atoms with Crippen LogP contribution in [0.2, 0.25) is 0 Å². The fourth-order valence-electron chi connectivity index (χ4n) is 10.0. The van der Waals surface area contributed by atoms with E-state index in [-0.39, 0.29) is 30.9 Å². The molecule has 5 aliphatic heterocycles. The maximum absolute atomic E-state index is 12.5. The monoisotopic (exact) mass is 742 g/mol. The lowest BCUT2D eigenvalue weighted by atomic mass is 9.74. The third-order valence-electron chi connectivity index (χ3n) is 13.1. The van der Waals surface area contributed by atoms with Gasteiger partial charge >= 0.3 is 0 Å². The third kappa shape index (κ3) is 7.57. The van der Waals surface area contributed by atoms with Gasteiger partial charge in [-0.2, -0.15) is 5.26 Å². The van der Waals surface area contributed by atoms with Crippen molar-refractivity contribution in [2.75, 3.05) is 20.7 Å². The largest absolute Gasteiger partial charge is 0.387 e. The molecular weight excluding hydrogens is 676 g/mol. The predicted molar refractivity (Wildman–Crippen MR) is 187 cm³/mol. The summed E-state index contributed by atoms with van der Waals surface area (Å²) < 4.78 is 52.2. The molecule has 52 heavy (non-hydrogen) atoms. The Hall–Kier alpha value is -1.03. The van der Waals surface area contributed by atoms with E-state index in [0.717, 1.165) is 0 Å². The molecule has 0 aromatic heterocycles. The first-order valence-corrected chi connectivity index (χ1v) is 19.2. The molecule has 0 amide bonds. The highest BCUT2D eigenvalue weighted by atomic mass is 16.8. The van der Waals surface area contributed by atoms with Crippen LogP contribution in [0.25, 0.3) is 0 Å². The number of ether oxygens (including phenoxy) is 8. The summed E-state index contributed by atoms with van der Waals surface area (Å²) >= 11 is 0. The van der Waals surface area contributed by atoms with Crippen LogP contribution in [-0.4, -0.2) is 142 Å². The SMILES string of the molecule is CC[C@H]1O[C@]2(O)O[C@H]([C@@H](C)C3O[C@](C)(C[C@@H]3C)[C@H](O[C@@H]3OC(C)CC(N(C)CC#N)C3O)[C@@H](C)[C@H](O[C@H]3CC(C)(OC)[C@@H](O)C(C)O3)[C@H]2C)[C@]1(C)O. The number of likely N-dealkylation sites (N-methyl/N-ethyl adjacent to an activating group) is 1. The second-order valence-electron chi connectivity index (χ2n) is 17.3. The first-order chi connectivity index (χ1) is 24.2. The Morgan fingerprint density at radius 1 is 0.923 bits per heavy atom. The summed E-state index contributed by atoms with van der Waals surface area (Å²) in [5.74, 6) is -4.08. The predicted octanol–water partition coefficient (Wildman–Crippen LogP) is 2.67. The first-order valence-electron chi connectivity index (χ1n) is 19.2. The lowest BCUT2D eigenvalue weighted by Crippen LogP contribution is -2.69. The quantitative estimate of drug-likeness (QED) is 0.267. The Balaban J connectivity index is 1.62. The number of aliphatic hydroxyl groups excluding tert-OH is 2. The summed E-state index contributed by atoms with van der Waals surface area (Å²) in [5, 5.41) is 56.6. The molecule has 5 saturated heterocycles. The van der Waals surface area contributed by atoms with Crippen molar-refractivity contribution in [2.45, 2.75) is 191 Å². The van der Waals surface area contributed by atoms with Crippen LogP contribution >= 0.6 is 0 Å². The first kappa shape index (κ1) is 42.1. The Morgan fingerprint density at radius 2 is 1.60 bits per heavy atom. The zero-order chi connectivity index (χ0) is 38.7. The maximum Gasteiger partial charge on any atom is 0.286 e. The van der Waals surface area contributed by atoms with E-state index in [1.165, 1.54) is 0 Å².